The first-order valence-corrected chi connectivity index (χ1v) is 8.72. The first-order chi connectivity index (χ1) is 12.7. The van der Waals surface area contributed by atoms with Gasteiger partial charge in [0.05, 0.1) is 24.6 Å². The van der Waals surface area contributed by atoms with Crippen molar-refractivity contribution in [3.05, 3.63) is 35.1 Å². The van der Waals surface area contributed by atoms with Gasteiger partial charge in [-0.3, -0.25) is 14.5 Å². The van der Waals surface area contributed by atoms with E-state index in [0.717, 1.165) is 18.6 Å². The van der Waals surface area contributed by atoms with Gasteiger partial charge < -0.3 is 10.1 Å². The normalized spacial score (nSPS) is 18.2. The van der Waals surface area contributed by atoms with Gasteiger partial charge in [0.15, 0.2) is 0 Å². The van der Waals surface area contributed by atoms with E-state index >= 15 is 0 Å². The molecule has 5 nitrogen and oxygen atoms in total. The van der Waals surface area contributed by atoms with Crippen LogP contribution in [0.3, 0.4) is 0 Å². The lowest BCUT2D eigenvalue weighted by Crippen LogP contribution is -2.44. The molecule has 1 unspecified atom stereocenters. The molecule has 0 aliphatic carbocycles. The number of esters is 1. The summed E-state index contributed by atoms with van der Waals surface area (Å²) in [6.45, 7) is 2.61. The third-order valence-corrected chi connectivity index (χ3v) is 4.35. The van der Waals surface area contributed by atoms with Gasteiger partial charge in [0.2, 0.25) is 5.91 Å². The average Bonchev–Trinajstić information content (AvgIpc) is 2.60. The van der Waals surface area contributed by atoms with E-state index in [4.69, 9.17) is 4.74 Å². The van der Waals surface area contributed by atoms with E-state index in [9.17, 15) is 27.2 Å². The molecule has 1 heterocycles. The number of amides is 1. The lowest BCUT2D eigenvalue weighted by atomic mass is 9.98. The van der Waals surface area contributed by atoms with E-state index in [1.54, 1.807) is 11.8 Å². The number of carbonyl (C=O) groups excluding carboxylic acids is 2. The Labute approximate surface area is 154 Å². The van der Waals surface area contributed by atoms with E-state index in [-0.39, 0.29) is 37.1 Å². The summed E-state index contributed by atoms with van der Waals surface area (Å²) >= 11 is 0. The number of halogens is 4. The molecular weight excluding hydrogens is 368 g/mol. The summed E-state index contributed by atoms with van der Waals surface area (Å²) in [5.74, 6) is -2.06. The maximum Gasteiger partial charge on any atom is 0.416 e. The quantitative estimate of drug-likeness (QED) is 0.600. The van der Waals surface area contributed by atoms with Gasteiger partial charge >= 0.3 is 12.1 Å². The van der Waals surface area contributed by atoms with Crippen molar-refractivity contribution >= 4 is 11.9 Å². The summed E-state index contributed by atoms with van der Waals surface area (Å²) in [7, 11) is 0. The van der Waals surface area contributed by atoms with Gasteiger partial charge in [-0.05, 0) is 44.0 Å². The molecule has 27 heavy (non-hydrogen) atoms. The fourth-order valence-electron chi connectivity index (χ4n) is 3.07. The minimum absolute atomic E-state index is 0.0293. The van der Waals surface area contributed by atoms with Crippen LogP contribution in [0.5, 0.6) is 0 Å². The molecule has 0 radical (unpaired) electrons. The van der Waals surface area contributed by atoms with Crippen LogP contribution in [-0.4, -0.2) is 43.0 Å². The van der Waals surface area contributed by atoms with Crippen LogP contribution in [0.25, 0.3) is 0 Å². The van der Waals surface area contributed by atoms with Crippen molar-refractivity contribution in [2.24, 2.45) is 5.92 Å². The third kappa shape index (κ3) is 6.20. The van der Waals surface area contributed by atoms with Crippen molar-refractivity contribution < 1.29 is 31.9 Å². The summed E-state index contributed by atoms with van der Waals surface area (Å²) in [6, 6.07) is 2.34. The number of hydrogen-bond donors (Lipinski definition) is 1. The number of nitrogens with zero attached hydrogens (tertiary/aromatic N) is 1. The molecule has 1 atom stereocenters. The van der Waals surface area contributed by atoms with Crippen molar-refractivity contribution in [1.82, 2.24) is 10.2 Å². The number of alkyl halides is 3. The predicted octanol–water partition coefficient (Wildman–Crippen LogP) is 2.74. The van der Waals surface area contributed by atoms with Crippen LogP contribution in [0.15, 0.2) is 18.2 Å². The predicted molar refractivity (Wildman–Crippen MR) is 89.0 cm³/mol. The molecule has 150 valence electrons. The molecule has 1 aliphatic heterocycles. The molecule has 9 heteroatoms. The van der Waals surface area contributed by atoms with Crippen LogP contribution < -0.4 is 5.32 Å². The summed E-state index contributed by atoms with van der Waals surface area (Å²) in [6.07, 6.45) is -3.30. The first-order valence-electron chi connectivity index (χ1n) is 8.72. The van der Waals surface area contributed by atoms with Gasteiger partial charge in [-0.2, -0.15) is 13.2 Å². The molecule has 0 bridgehead atoms. The summed E-state index contributed by atoms with van der Waals surface area (Å²) in [5.41, 5.74) is -1.32. The Hall–Kier alpha value is -2.16. The van der Waals surface area contributed by atoms with Crippen LogP contribution in [0, 0.1) is 11.7 Å². The van der Waals surface area contributed by atoms with Crippen molar-refractivity contribution in [1.29, 1.82) is 0 Å². The Bertz CT molecular complexity index is 679. The number of ether oxygens (including phenoxy) is 1. The zero-order chi connectivity index (χ0) is 20.0. The van der Waals surface area contributed by atoms with E-state index in [1.807, 2.05) is 0 Å². The largest absolute Gasteiger partial charge is 0.466 e. The highest BCUT2D eigenvalue weighted by molar-refractivity contribution is 5.78. The van der Waals surface area contributed by atoms with Gasteiger partial charge in [0, 0.05) is 13.1 Å². The summed E-state index contributed by atoms with van der Waals surface area (Å²) in [4.78, 5) is 25.7. The van der Waals surface area contributed by atoms with Gasteiger partial charge in [0.1, 0.15) is 5.82 Å². The van der Waals surface area contributed by atoms with Gasteiger partial charge in [-0.25, -0.2) is 4.39 Å². The highest BCUT2D eigenvalue weighted by Crippen LogP contribution is 2.32. The second-order valence-electron chi connectivity index (χ2n) is 6.40. The Morgan fingerprint density at radius 3 is 2.74 bits per heavy atom. The van der Waals surface area contributed by atoms with Crippen molar-refractivity contribution in [2.45, 2.75) is 32.5 Å². The Kier molecular flexibility index (Phi) is 7.18. The average molecular weight is 390 g/mol. The van der Waals surface area contributed by atoms with Crippen molar-refractivity contribution in [3.63, 3.8) is 0 Å². The molecule has 0 spiro atoms. The maximum absolute atomic E-state index is 13.1. The molecule has 2 rings (SSSR count). The standard InChI is InChI=1S/C18H22F4N2O3/c1-2-27-17(26)13-4-3-7-24(10-13)11-16(25)23-9-12-5-6-14(19)8-15(12)18(20,21)22/h5-6,8,13H,2-4,7,9-11H2,1H3,(H,23,25). The monoisotopic (exact) mass is 390 g/mol. The lowest BCUT2D eigenvalue weighted by molar-refractivity contribution is -0.150. The fraction of sp³-hybridized carbons (Fsp3) is 0.556. The maximum atomic E-state index is 13.1. The van der Waals surface area contributed by atoms with E-state index in [0.29, 0.717) is 25.6 Å². The Morgan fingerprint density at radius 1 is 1.33 bits per heavy atom. The van der Waals surface area contributed by atoms with Crippen molar-refractivity contribution in [2.75, 3.05) is 26.2 Å². The van der Waals surface area contributed by atoms with Crippen LogP contribution in [0.4, 0.5) is 17.6 Å². The third-order valence-electron chi connectivity index (χ3n) is 4.35. The fourth-order valence-corrected chi connectivity index (χ4v) is 3.07. The van der Waals surface area contributed by atoms with Crippen LogP contribution in [-0.2, 0) is 27.0 Å². The molecule has 1 fully saturated rings. The number of rotatable bonds is 6. The highest BCUT2D eigenvalue weighted by atomic mass is 19.4. The van der Waals surface area contributed by atoms with Gasteiger partial charge in [-0.1, -0.05) is 6.07 Å². The minimum atomic E-state index is -4.71. The number of hydrogen-bond acceptors (Lipinski definition) is 4. The smallest absolute Gasteiger partial charge is 0.416 e. The topological polar surface area (TPSA) is 58.6 Å². The molecular formula is C18H22F4N2O3. The van der Waals surface area contributed by atoms with Crippen LogP contribution >= 0.6 is 0 Å². The zero-order valence-electron chi connectivity index (χ0n) is 14.9. The Morgan fingerprint density at radius 2 is 2.07 bits per heavy atom. The molecule has 1 aliphatic rings. The second-order valence-corrected chi connectivity index (χ2v) is 6.40. The van der Waals surface area contributed by atoms with E-state index in [2.05, 4.69) is 5.32 Å². The number of piperidine rings is 1. The molecule has 1 aromatic rings. The highest BCUT2D eigenvalue weighted by Gasteiger charge is 2.34. The summed E-state index contributed by atoms with van der Waals surface area (Å²) in [5, 5.41) is 2.43. The first kappa shape index (κ1) is 21.1. The lowest BCUT2D eigenvalue weighted by Gasteiger charge is -2.30. The molecule has 1 aromatic carbocycles. The molecule has 1 saturated heterocycles. The van der Waals surface area contributed by atoms with E-state index in [1.165, 1.54) is 0 Å². The number of nitrogens with one attached hydrogen (secondary N) is 1. The van der Waals surface area contributed by atoms with E-state index < -0.39 is 23.5 Å². The van der Waals surface area contributed by atoms with Crippen LogP contribution in [0.1, 0.15) is 30.9 Å². The summed E-state index contributed by atoms with van der Waals surface area (Å²) < 4.78 is 57.0. The molecule has 0 aromatic heterocycles. The van der Waals surface area contributed by atoms with Crippen molar-refractivity contribution in [3.8, 4) is 0 Å². The van der Waals surface area contributed by atoms with Crippen LogP contribution in [0.2, 0.25) is 0 Å². The Balaban J connectivity index is 1.91. The minimum Gasteiger partial charge on any atom is -0.466 e. The SMILES string of the molecule is CCOC(=O)C1CCCN(CC(=O)NCc2ccc(F)cc2C(F)(F)F)C1. The number of benzene rings is 1. The number of carbonyl (C=O) groups is 2. The van der Waals surface area contributed by atoms with Gasteiger partial charge in [-0.15, -0.1) is 0 Å². The zero-order valence-corrected chi connectivity index (χ0v) is 14.9. The molecule has 0 saturated carbocycles. The molecule has 1 N–H and O–H groups in total. The number of likely N-dealkylation sites (tertiary alicyclic amines) is 1. The molecule has 1 amide bonds. The van der Waals surface area contributed by atoms with Gasteiger partial charge in [0.25, 0.3) is 0 Å². The second kappa shape index (κ2) is 9.16.